The van der Waals surface area contributed by atoms with E-state index in [9.17, 15) is 14.3 Å². The summed E-state index contributed by atoms with van der Waals surface area (Å²) in [7, 11) is 0. The third-order valence-corrected chi connectivity index (χ3v) is 6.88. The second-order valence-corrected chi connectivity index (χ2v) is 8.93. The molecule has 5 rings (SSSR count). The summed E-state index contributed by atoms with van der Waals surface area (Å²) in [4.78, 5) is 15.2. The molecule has 3 N–H and O–H groups in total. The smallest absolute Gasteiger partial charge is 0.242 e. The first-order valence-corrected chi connectivity index (χ1v) is 10.9. The Labute approximate surface area is 181 Å². The van der Waals surface area contributed by atoms with Crippen LogP contribution in [0, 0.1) is 25.6 Å². The number of hydrogen-bond donors (Lipinski definition) is 3. The fourth-order valence-corrected chi connectivity index (χ4v) is 5.61. The lowest BCUT2D eigenvalue weighted by molar-refractivity contribution is -0.132. The topological polar surface area (TPSA) is 73.8 Å². The van der Waals surface area contributed by atoms with Crippen LogP contribution in [0.25, 0.3) is 0 Å². The molecule has 6 nitrogen and oxygen atoms in total. The minimum absolute atomic E-state index is 0.0297. The lowest BCUT2D eigenvalue weighted by atomic mass is 9.81. The number of rotatable bonds is 4. The molecule has 7 heteroatoms. The number of amides is 1. The number of halogens is 1. The number of fused-ring (bicyclic) bond motifs is 1. The average Bonchev–Trinajstić information content (AvgIpc) is 3.43. The Morgan fingerprint density at radius 2 is 1.97 bits per heavy atom. The molecule has 3 aliphatic heterocycles. The molecule has 5 atom stereocenters. The van der Waals surface area contributed by atoms with Crippen molar-refractivity contribution in [3.63, 3.8) is 0 Å². The number of nitrogens with one attached hydrogen (secondary N) is 2. The summed E-state index contributed by atoms with van der Waals surface area (Å²) in [5, 5.41) is 10.8. The Morgan fingerprint density at radius 1 is 1.19 bits per heavy atom. The molecule has 3 saturated heterocycles. The zero-order chi connectivity index (χ0) is 21.7. The summed E-state index contributed by atoms with van der Waals surface area (Å²) in [5.74, 6) is -0.477. The Kier molecular flexibility index (Phi) is 5.20. The summed E-state index contributed by atoms with van der Waals surface area (Å²) in [6.45, 7) is 5.03. The highest BCUT2D eigenvalue weighted by Gasteiger charge is 2.57. The number of phenolic OH excluding ortho intramolecular Hbond substituents is 1. The highest BCUT2D eigenvalue weighted by Crippen LogP contribution is 2.50. The third kappa shape index (κ3) is 3.41. The normalized spacial score (nSPS) is 30.2. The number of hydrazine groups is 1. The minimum atomic E-state index is -0.504. The fraction of sp³-hybridized carbons (Fsp3) is 0.458. The van der Waals surface area contributed by atoms with Crippen LogP contribution in [-0.4, -0.2) is 41.2 Å². The van der Waals surface area contributed by atoms with Gasteiger partial charge >= 0.3 is 0 Å². The van der Waals surface area contributed by atoms with Crippen molar-refractivity contribution in [2.75, 3.05) is 13.2 Å². The van der Waals surface area contributed by atoms with Crippen LogP contribution in [0.2, 0.25) is 0 Å². The fourth-order valence-electron chi connectivity index (χ4n) is 5.61. The van der Waals surface area contributed by atoms with E-state index in [1.165, 1.54) is 6.07 Å². The molecule has 31 heavy (non-hydrogen) atoms. The molecule has 2 aromatic rings. The van der Waals surface area contributed by atoms with E-state index in [2.05, 4.69) is 10.9 Å². The number of benzene rings is 2. The molecule has 164 valence electrons. The van der Waals surface area contributed by atoms with Gasteiger partial charge in [-0.25, -0.2) is 15.2 Å². The Bertz CT molecular complexity index is 984. The summed E-state index contributed by atoms with van der Waals surface area (Å²) in [6.07, 6.45) is 1.84. The van der Waals surface area contributed by atoms with E-state index in [4.69, 9.17) is 4.74 Å². The molecule has 3 aliphatic rings. The molecule has 0 radical (unpaired) electrons. The van der Waals surface area contributed by atoms with Crippen LogP contribution < -0.4 is 10.9 Å². The van der Waals surface area contributed by atoms with Gasteiger partial charge in [0.25, 0.3) is 0 Å². The quantitative estimate of drug-likeness (QED) is 0.702. The maximum absolute atomic E-state index is 15.0. The predicted octanol–water partition coefficient (Wildman–Crippen LogP) is 3.04. The molecule has 0 saturated carbocycles. The molecule has 0 aliphatic carbocycles. The summed E-state index contributed by atoms with van der Waals surface area (Å²) in [5.41, 5.74) is 9.53. The standard InChI is InChI=1S/C24H28FN3O3/c1-13-10-14(2)19(18(29)11-13)21-20-22(27-26-21)24(30)28(12-15-6-5-9-31-15)23(20)16-7-3-4-8-17(16)25/h3-4,7-8,10-11,15,20-23,26-27,29H,5-6,9,12H2,1-2H3. The first-order chi connectivity index (χ1) is 15.0. The molecule has 2 aromatic carbocycles. The molecule has 0 bridgehead atoms. The first kappa shape index (κ1) is 20.4. The number of carbonyl (C=O) groups excluding carboxylic acids is 1. The van der Waals surface area contributed by atoms with E-state index in [1.54, 1.807) is 29.2 Å². The SMILES string of the molecule is Cc1cc(C)c(C2NNC3C(=O)N(CC4CCCO4)C(c4ccccc4F)C32)c(O)c1. The number of aromatic hydroxyl groups is 1. The van der Waals surface area contributed by atoms with Crippen LogP contribution >= 0.6 is 0 Å². The van der Waals surface area contributed by atoms with Crippen molar-refractivity contribution in [2.45, 2.75) is 50.9 Å². The van der Waals surface area contributed by atoms with E-state index >= 15 is 0 Å². The van der Waals surface area contributed by atoms with Crippen molar-refractivity contribution in [3.8, 4) is 5.75 Å². The van der Waals surface area contributed by atoms with E-state index in [1.807, 2.05) is 19.9 Å². The lowest BCUT2D eigenvalue weighted by Crippen LogP contribution is -2.43. The maximum atomic E-state index is 15.0. The second-order valence-electron chi connectivity index (χ2n) is 8.93. The van der Waals surface area contributed by atoms with E-state index in [0.29, 0.717) is 18.7 Å². The number of aryl methyl sites for hydroxylation is 2. The van der Waals surface area contributed by atoms with Gasteiger partial charge in [0.1, 0.15) is 17.6 Å². The van der Waals surface area contributed by atoms with Crippen LogP contribution in [0.1, 0.15) is 47.2 Å². The van der Waals surface area contributed by atoms with Crippen LogP contribution in [0.5, 0.6) is 5.75 Å². The monoisotopic (exact) mass is 425 g/mol. The van der Waals surface area contributed by atoms with E-state index < -0.39 is 12.1 Å². The van der Waals surface area contributed by atoms with Gasteiger partial charge in [-0.1, -0.05) is 24.3 Å². The number of likely N-dealkylation sites (tertiary alicyclic amines) is 1. The molecule has 3 fully saturated rings. The number of carbonyl (C=O) groups is 1. The van der Waals surface area contributed by atoms with Gasteiger partial charge in [0.05, 0.1) is 18.2 Å². The predicted molar refractivity (Wildman–Crippen MR) is 114 cm³/mol. The van der Waals surface area contributed by atoms with Crippen molar-refractivity contribution in [3.05, 3.63) is 64.5 Å². The maximum Gasteiger partial charge on any atom is 0.242 e. The summed E-state index contributed by atoms with van der Waals surface area (Å²) in [6, 6.07) is 9.11. The number of hydrogen-bond acceptors (Lipinski definition) is 5. The van der Waals surface area contributed by atoms with Crippen LogP contribution in [0.3, 0.4) is 0 Å². The van der Waals surface area contributed by atoms with Gasteiger partial charge in [0.15, 0.2) is 0 Å². The molecule has 1 amide bonds. The highest BCUT2D eigenvalue weighted by atomic mass is 19.1. The Balaban J connectivity index is 1.59. The minimum Gasteiger partial charge on any atom is -0.508 e. The molecular weight excluding hydrogens is 397 g/mol. The van der Waals surface area contributed by atoms with Crippen molar-refractivity contribution in [1.82, 2.24) is 15.8 Å². The van der Waals surface area contributed by atoms with E-state index in [-0.39, 0.29) is 35.5 Å². The van der Waals surface area contributed by atoms with Gasteiger partial charge in [0, 0.05) is 30.2 Å². The second kappa shape index (κ2) is 7.89. The van der Waals surface area contributed by atoms with Crippen molar-refractivity contribution >= 4 is 5.91 Å². The van der Waals surface area contributed by atoms with Crippen molar-refractivity contribution in [2.24, 2.45) is 5.92 Å². The Hall–Kier alpha value is -2.48. The van der Waals surface area contributed by atoms with Crippen LogP contribution in [0.15, 0.2) is 36.4 Å². The first-order valence-electron chi connectivity index (χ1n) is 10.9. The zero-order valence-corrected chi connectivity index (χ0v) is 17.8. The number of ether oxygens (including phenoxy) is 1. The van der Waals surface area contributed by atoms with Crippen LogP contribution in [0.4, 0.5) is 4.39 Å². The van der Waals surface area contributed by atoms with Crippen LogP contribution in [-0.2, 0) is 9.53 Å². The van der Waals surface area contributed by atoms with Gasteiger partial charge in [-0.15, -0.1) is 0 Å². The molecular formula is C24H28FN3O3. The zero-order valence-electron chi connectivity index (χ0n) is 17.8. The van der Waals surface area contributed by atoms with Crippen molar-refractivity contribution < 1.29 is 19.0 Å². The third-order valence-electron chi connectivity index (χ3n) is 6.88. The average molecular weight is 426 g/mol. The van der Waals surface area contributed by atoms with Gasteiger partial charge < -0.3 is 14.7 Å². The summed E-state index contributed by atoms with van der Waals surface area (Å²) < 4.78 is 20.8. The molecule has 0 spiro atoms. The van der Waals surface area contributed by atoms with Gasteiger partial charge in [-0.05, 0) is 49.9 Å². The molecule has 3 heterocycles. The van der Waals surface area contributed by atoms with Gasteiger partial charge in [0.2, 0.25) is 5.91 Å². The van der Waals surface area contributed by atoms with E-state index in [0.717, 1.165) is 29.5 Å². The molecule has 0 aromatic heterocycles. The van der Waals surface area contributed by atoms with Crippen molar-refractivity contribution in [1.29, 1.82) is 0 Å². The lowest BCUT2D eigenvalue weighted by Gasteiger charge is -2.33. The molecule has 5 unspecified atom stereocenters. The van der Waals surface area contributed by atoms with Gasteiger partial charge in [-0.2, -0.15) is 0 Å². The largest absolute Gasteiger partial charge is 0.508 e. The number of nitrogens with zero attached hydrogens (tertiary/aromatic N) is 1. The number of phenols is 1. The summed E-state index contributed by atoms with van der Waals surface area (Å²) >= 11 is 0. The Morgan fingerprint density at radius 3 is 2.68 bits per heavy atom. The van der Waals surface area contributed by atoms with Gasteiger partial charge in [-0.3, -0.25) is 4.79 Å². The highest BCUT2D eigenvalue weighted by molar-refractivity contribution is 5.86.